The van der Waals surface area contributed by atoms with Gasteiger partial charge in [-0.1, -0.05) is 112 Å². The summed E-state index contributed by atoms with van der Waals surface area (Å²) in [5.74, 6) is 0. The lowest BCUT2D eigenvalue weighted by atomic mass is 9.69. The highest BCUT2D eigenvalue weighted by atomic mass is 14.5. The number of benzene rings is 4. The Morgan fingerprint density at radius 3 is 1.21 bits per heavy atom. The first-order valence-electron chi connectivity index (χ1n) is 15.1. The number of fused-ring (bicyclic) bond motifs is 3. The molecule has 0 aromatic heterocycles. The maximum absolute atomic E-state index is 2.59. The molecule has 0 fully saturated rings. The number of rotatable bonds is 8. The van der Waals surface area contributed by atoms with Crippen LogP contribution >= 0.6 is 0 Å². The van der Waals surface area contributed by atoms with Crippen molar-refractivity contribution >= 4 is 22.3 Å². The number of allylic oxidation sites excluding steroid dienone is 4. The molecule has 0 saturated carbocycles. The molecule has 3 aliphatic carbocycles. The lowest BCUT2D eigenvalue weighted by Gasteiger charge is -2.34. The van der Waals surface area contributed by atoms with Gasteiger partial charge in [-0.2, -0.15) is 0 Å². The minimum absolute atomic E-state index is 0.106. The monoisotopic (exact) mass is 506 g/mol. The smallest absolute Gasteiger partial charge is 0.0215 e. The van der Waals surface area contributed by atoms with Crippen molar-refractivity contribution in [2.45, 2.75) is 70.6 Å². The first kappa shape index (κ1) is 24.4. The summed E-state index contributed by atoms with van der Waals surface area (Å²) in [6, 6.07) is 36.9. The minimum atomic E-state index is 0.106. The molecule has 0 nitrogen and oxygen atoms in total. The van der Waals surface area contributed by atoms with Crippen molar-refractivity contribution in [3.8, 4) is 11.1 Å². The summed E-state index contributed by atoms with van der Waals surface area (Å²) in [5, 5.41) is 0. The van der Waals surface area contributed by atoms with Gasteiger partial charge in [-0.15, -0.1) is 0 Å². The van der Waals surface area contributed by atoms with Gasteiger partial charge in [-0.05, 0) is 117 Å². The van der Waals surface area contributed by atoms with E-state index in [9.17, 15) is 0 Å². The van der Waals surface area contributed by atoms with Gasteiger partial charge in [0.1, 0.15) is 0 Å². The molecule has 0 spiro atoms. The minimum Gasteiger partial charge on any atom is -0.0653 e. The molecule has 0 bridgehead atoms. The van der Waals surface area contributed by atoms with Crippen molar-refractivity contribution in [3.63, 3.8) is 0 Å². The number of hydrogen-bond acceptors (Lipinski definition) is 0. The van der Waals surface area contributed by atoms with E-state index >= 15 is 0 Å². The summed E-state index contributed by atoms with van der Waals surface area (Å²) in [6.07, 6.45) is 9.57. The predicted octanol–water partition coefficient (Wildman–Crippen LogP) is 11.0. The van der Waals surface area contributed by atoms with Crippen molar-refractivity contribution in [2.24, 2.45) is 0 Å². The molecule has 39 heavy (non-hydrogen) atoms. The van der Waals surface area contributed by atoms with Crippen molar-refractivity contribution in [3.05, 3.63) is 130 Å². The zero-order valence-electron chi connectivity index (χ0n) is 23.4. The Balaban J connectivity index is 1.36. The lowest BCUT2D eigenvalue weighted by Crippen LogP contribution is -2.25. The van der Waals surface area contributed by atoms with Crippen LogP contribution in [-0.4, -0.2) is 0 Å². The average Bonchev–Trinajstić information content (AvgIpc) is 3.18. The van der Waals surface area contributed by atoms with Gasteiger partial charge >= 0.3 is 0 Å². The summed E-state index contributed by atoms with van der Waals surface area (Å²) in [6.45, 7) is 4.74. The van der Waals surface area contributed by atoms with Crippen LogP contribution in [0, 0.1) is 0 Å². The van der Waals surface area contributed by atoms with Crippen LogP contribution < -0.4 is 0 Å². The Hall–Kier alpha value is -3.64. The van der Waals surface area contributed by atoms with E-state index in [1.54, 1.807) is 22.3 Å². The fourth-order valence-electron chi connectivity index (χ4n) is 7.69. The summed E-state index contributed by atoms with van der Waals surface area (Å²) in [7, 11) is 0. The topological polar surface area (TPSA) is 0 Å². The molecule has 0 radical (unpaired) electrons. The summed E-state index contributed by atoms with van der Waals surface area (Å²) in [5.41, 5.74) is 18.0. The second kappa shape index (κ2) is 9.83. The Morgan fingerprint density at radius 2 is 0.846 bits per heavy atom. The molecule has 0 heteroatoms. The third-order valence-electron chi connectivity index (χ3n) is 9.63. The molecule has 0 heterocycles. The quantitative estimate of drug-likeness (QED) is 0.223. The van der Waals surface area contributed by atoms with Gasteiger partial charge in [0.05, 0.1) is 0 Å². The molecule has 194 valence electrons. The van der Waals surface area contributed by atoms with Gasteiger partial charge in [0.2, 0.25) is 0 Å². The number of hydrogen-bond donors (Lipinski definition) is 0. The molecular formula is C39H38. The van der Waals surface area contributed by atoms with Gasteiger partial charge in [0.15, 0.2) is 0 Å². The SMILES string of the molecule is CCCC1(CCC)c2cc(C3=C(c4ccccc4)CC3)ccc2-c2ccc(C3=C(c4ccccc4)CC3)cc21. The molecular weight excluding hydrogens is 468 g/mol. The van der Waals surface area contributed by atoms with Crippen LogP contribution in [0.5, 0.6) is 0 Å². The van der Waals surface area contributed by atoms with Crippen LogP contribution in [0.15, 0.2) is 97.1 Å². The molecule has 0 atom stereocenters. The fourth-order valence-corrected chi connectivity index (χ4v) is 7.69. The van der Waals surface area contributed by atoms with E-state index in [0.29, 0.717) is 0 Å². The second-order valence-electron chi connectivity index (χ2n) is 11.7. The molecule has 4 aromatic rings. The van der Waals surface area contributed by atoms with E-state index in [2.05, 4.69) is 111 Å². The van der Waals surface area contributed by atoms with E-state index in [0.717, 1.165) is 0 Å². The zero-order chi connectivity index (χ0) is 26.4. The molecule has 0 aliphatic heterocycles. The third kappa shape index (κ3) is 3.88. The van der Waals surface area contributed by atoms with Crippen LogP contribution in [-0.2, 0) is 5.41 Å². The van der Waals surface area contributed by atoms with E-state index in [4.69, 9.17) is 0 Å². The van der Waals surface area contributed by atoms with Gasteiger partial charge < -0.3 is 0 Å². The van der Waals surface area contributed by atoms with Gasteiger partial charge in [-0.25, -0.2) is 0 Å². The fraction of sp³-hybridized carbons (Fsp3) is 0.282. The van der Waals surface area contributed by atoms with E-state index in [1.165, 1.54) is 95.9 Å². The Morgan fingerprint density at radius 1 is 0.462 bits per heavy atom. The van der Waals surface area contributed by atoms with Crippen molar-refractivity contribution < 1.29 is 0 Å². The second-order valence-corrected chi connectivity index (χ2v) is 11.7. The summed E-state index contributed by atoms with van der Waals surface area (Å²) < 4.78 is 0. The molecule has 0 N–H and O–H groups in total. The molecule has 7 rings (SSSR count). The maximum Gasteiger partial charge on any atom is 0.0215 e. The van der Waals surface area contributed by atoms with Crippen molar-refractivity contribution in [2.75, 3.05) is 0 Å². The van der Waals surface area contributed by atoms with E-state index < -0.39 is 0 Å². The van der Waals surface area contributed by atoms with Gasteiger partial charge in [-0.3, -0.25) is 0 Å². The van der Waals surface area contributed by atoms with Crippen LogP contribution in [0.3, 0.4) is 0 Å². The van der Waals surface area contributed by atoms with Crippen molar-refractivity contribution in [1.82, 2.24) is 0 Å². The van der Waals surface area contributed by atoms with Crippen LogP contribution in [0.25, 0.3) is 33.4 Å². The first-order chi connectivity index (χ1) is 19.2. The lowest BCUT2D eigenvalue weighted by molar-refractivity contribution is 0.435. The predicted molar refractivity (Wildman–Crippen MR) is 167 cm³/mol. The molecule has 0 amide bonds. The molecule has 0 saturated heterocycles. The molecule has 3 aliphatic rings. The average molecular weight is 507 g/mol. The normalized spacial score (nSPS) is 17.0. The maximum atomic E-state index is 2.59. The Kier molecular flexibility index (Phi) is 6.15. The Bertz CT molecular complexity index is 1470. The van der Waals surface area contributed by atoms with E-state index in [1.807, 2.05) is 0 Å². The highest BCUT2D eigenvalue weighted by molar-refractivity contribution is 5.99. The molecule has 4 aromatic carbocycles. The largest absolute Gasteiger partial charge is 0.0653 e. The van der Waals surface area contributed by atoms with Crippen LogP contribution in [0.4, 0.5) is 0 Å². The molecule has 0 unspecified atom stereocenters. The zero-order valence-corrected chi connectivity index (χ0v) is 23.4. The van der Waals surface area contributed by atoms with Crippen molar-refractivity contribution in [1.29, 1.82) is 0 Å². The summed E-state index contributed by atoms with van der Waals surface area (Å²) >= 11 is 0. The van der Waals surface area contributed by atoms with Crippen LogP contribution in [0.2, 0.25) is 0 Å². The van der Waals surface area contributed by atoms with Gasteiger partial charge in [0.25, 0.3) is 0 Å². The third-order valence-corrected chi connectivity index (χ3v) is 9.63. The van der Waals surface area contributed by atoms with E-state index in [-0.39, 0.29) is 5.41 Å². The highest BCUT2D eigenvalue weighted by Crippen LogP contribution is 2.56. The Labute approximate surface area is 234 Å². The van der Waals surface area contributed by atoms with Gasteiger partial charge in [0, 0.05) is 5.41 Å². The highest BCUT2D eigenvalue weighted by Gasteiger charge is 2.42. The standard InChI is InChI=1S/C39H38/c1-3-23-39(24-4-2)37-25-29(33-21-19-31(33)27-11-7-5-8-12-27)15-17-35(37)36-18-16-30(26-38(36)39)34-22-20-32(34)28-13-9-6-10-14-28/h5-18,25-26H,3-4,19-24H2,1-2H3. The van der Waals surface area contributed by atoms with Crippen LogP contribution in [0.1, 0.15) is 98.6 Å². The summed E-state index contributed by atoms with van der Waals surface area (Å²) in [4.78, 5) is 0. The first-order valence-corrected chi connectivity index (χ1v) is 15.1.